The summed E-state index contributed by atoms with van der Waals surface area (Å²) in [6.07, 6.45) is 2.34. The van der Waals surface area contributed by atoms with Gasteiger partial charge in [0.2, 0.25) is 0 Å². The Morgan fingerprint density at radius 1 is 1.20 bits per heavy atom. The van der Waals surface area contributed by atoms with Crippen LogP contribution in [-0.4, -0.2) is 26.0 Å². The van der Waals surface area contributed by atoms with E-state index in [1.165, 1.54) is 11.1 Å². The number of hydrogen-bond acceptors (Lipinski definition) is 3. The van der Waals surface area contributed by atoms with E-state index in [1.54, 1.807) is 6.33 Å². The van der Waals surface area contributed by atoms with Gasteiger partial charge in [0, 0.05) is 13.0 Å². The van der Waals surface area contributed by atoms with Crippen molar-refractivity contribution in [3.63, 3.8) is 0 Å². The zero-order valence-electron chi connectivity index (χ0n) is 12.5. The van der Waals surface area contributed by atoms with E-state index in [0.717, 1.165) is 12.4 Å². The summed E-state index contributed by atoms with van der Waals surface area (Å²) in [5.41, 5.74) is 2.41. The number of nitrogens with zero attached hydrogens (tertiary/aromatic N) is 3. The molecule has 1 N–H and O–H groups in total. The highest BCUT2D eigenvalue weighted by Crippen LogP contribution is 2.12. The van der Waals surface area contributed by atoms with Crippen LogP contribution in [0.5, 0.6) is 0 Å². The minimum absolute atomic E-state index is 0.425. The minimum atomic E-state index is -0.425. The van der Waals surface area contributed by atoms with Crippen LogP contribution in [0.1, 0.15) is 30.8 Å². The fourth-order valence-corrected chi connectivity index (χ4v) is 2.32. The molecule has 2 rings (SSSR count). The number of rotatable bonds is 6. The Kier molecular flexibility index (Phi) is 4.90. The summed E-state index contributed by atoms with van der Waals surface area (Å²) in [4.78, 5) is 4.27. The fraction of sp³-hybridized carbons (Fsp3) is 0.500. The van der Waals surface area contributed by atoms with E-state index < -0.39 is 6.10 Å². The second-order valence-corrected chi connectivity index (χ2v) is 5.74. The average Bonchev–Trinajstić information content (AvgIpc) is 2.78. The number of aliphatic hydroxyl groups excluding tert-OH is 1. The highest BCUT2D eigenvalue weighted by atomic mass is 16.3. The number of aromatic nitrogens is 3. The molecule has 0 saturated heterocycles. The van der Waals surface area contributed by atoms with E-state index in [9.17, 15) is 5.11 Å². The predicted molar refractivity (Wildman–Crippen MR) is 79.5 cm³/mol. The van der Waals surface area contributed by atoms with Crippen LogP contribution in [0, 0.1) is 12.8 Å². The van der Waals surface area contributed by atoms with Crippen LogP contribution < -0.4 is 0 Å². The normalized spacial score (nSPS) is 12.8. The summed E-state index contributed by atoms with van der Waals surface area (Å²) in [7, 11) is 0. The molecule has 1 unspecified atom stereocenters. The average molecular weight is 273 g/mol. The Labute approximate surface area is 120 Å². The first-order valence-electron chi connectivity index (χ1n) is 7.15. The molecule has 0 aliphatic carbocycles. The zero-order chi connectivity index (χ0) is 14.5. The van der Waals surface area contributed by atoms with Crippen LogP contribution in [0.25, 0.3) is 0 Å². The SMILES string of the molecule is Cc1ccccc1CC(O)Cc1ncnn1CC(C)C. The maximum Gasteiger partial charge on any atom is 0.138 e. The van der Waals surface area contributed by atoms with Gasteiger partial charge >= 0.3 is 0 Å². The Bertz CT molecular complexity index is 548. The first-order valence-corrected chi connectivity index (χ1v) is 7.15. The van der Waals surface area contributed by atoms with E-state index in [1.807, 2.05) is 16.8 Å². The molecule has 1 atom stereocenters. The first kappa shape index (κ1) is 14.7. The lowest BCUT2D eigenvalue weighted by atomic mass is 10.0. The second kappa shape index (κ2) is 6.66. The van der Waals surface area contributed by atoms with Gasteiger partial charge in [0.25, 0.3) is 0 Å². The van der Waals surface area contributed by atoms with E-state index in [0.29, 0.717) is 18.8 Å². The van der Waals surface area contributed by atoms with Gasteiger partial charge < -0.3 is 5.11 Å². The van der Waals surface area contributed by atoms with Gasteiger partial charge in [-0.25, -0.2) is 9.67 Å². The molecule has 4 nitrogen and oxygen atoms in total. The molecule has 1 heterocycles. The smallest absolute Gasteiger partial charge is 0.138 e. The minimum Gasteiger partial charge on any atom is -0.392 e. The summed E-state index contributed by atoms with van der Waals surface area (Å²) in [5, 5.41) is 14.5. The monoisotopic (exact) mass is 273 g/mol. The molecule has 2 aromatic rings. The van der Waals surface area contributed by atoms with Crippen LogP contribution in [-0.2, 0) is 19.4 Å². The van der Waals surface area contributed by atoms with Crippen molar-refractivity contribution in [3.05, 3.63) is 47.5 Å². The fourth-order valence-electron chi connectivity index (χ4n) is 2.32. The lowest BCUT2D eigenvalue weighted by Gasteiger charge is -2.13. The molecule has 0 fully saturated rings. The van der Waals surface area contributed by atoms with Gasteiger partial charge in [-0.1, -0.05) is 38.1 Å². The van der Waals surface area contributed by atoms with Crippen molar-refractivity contribution in [2.24, 2.45) is 5.92 Å². The van der Waals surface area contributed by atoms with Gasteiger partial charge in [0.1, 0.15) is 12.2 Å². The van der Waals surface area contributed by atoms with Gasteiger partial charge in [-0.05, 0) is 30.4 Å². The number of aliphatic hydroxyl groups is 1. The Hall–Kier alpha value is -1.68. The van der Waals surface area contributed by atoms with Crippen molar-refractivity contribution >= 4 is 0 Å². The van der Waals surface area contributed by atoms with Gasteiger partial charge in [-0.15, -0.1) is 0 Å². The van der Waals surface area contributed by atoms with Crippen LogP contribution >= 0.6 is 0 Å². The van der Waals surface area contributed by atoms with E-state index in [4.69, 9.17) is 0 Å². The van der Waals surface area contributed by atoms with Crippen molar-refractivity contribution < 1.29 is 5.11 Å². The molecule has 4 heteroatoms. The van der Waals surface area contributed by atoms with Crippen LogP contribution in [0.2, 0.25) is 0 Å². The second-order valence-electron chi connectivity index (χ2n) is 5.74. The topological polar surface area (TPSA) is 50.9 Å². The van der Waals surface area contributed by atoms with Gasteiger partial charge in [0.15, 0.2) is 0 Å². The standard InChI is InChI=1S/C16H23N3O/c1-12(2)10-19-16(17-11-18-19)9-15(20)8-14-7-5-4-6-13(14)3/h4-7,11-12,15,20H,8-10H2,1-3H3. The molecule has 0 spiro atoms. The summed E-state index contributed by atoms with van der Waals surface area (Å²) in [6, 6.07) is 8.17. The van der Waals surface area contributed by atoms with E-state index in [2.05, 4.69) is 43.0 Å². The van der Waals surface area contributed by atoms with Gasteiger partial charge in [-0.2, -0.15) is 5.10 Å². The molecule has 20 heavy (non-hydrogen) atoms. The first-order chi connectivity index (χ1) is 9.56. The molecule has 0 amide bonds. The maximum absolute atomic E-state index is 10.3. The lowest BCUT2D eigenvalue weighted by Crippen LogP contribution is -2.19. The molecule has 0 saturated carbocycles. The summed E-state index contributed by atoms with van der Waals surface area (Å²) >= 11 is 0. The van der Waals surface area contributed by atoms with Crippen molar-refractivity contribution in [1.82, 2.24) is 14.8 Å². The molecule has 0 radical (unpaired) electrons. The molecular weight excluding hydrogens is 250 g/mol. The van der Waals surface area contributed by atoms with E-state index in [-0.39, 0.29) is 0 Å². The van der Waals surface area contributed by atoms with Gasteiger partial charge in [-0.3, -0.25) is 0 Å². The van der Waals surface area contributed by atoms with Crippen LogP contribution in [0.4, 0.5) is 0 Å². The number of hydrogen-bond donors (Lipinski definition) is 1. The quantitative estimate of drug-likeness (QED) is 0.879. The van der Waals surface area contributed by atoms with Gasteiger partial charge in [0.05, 0.1) is 6.10 Å². The maximum atomic E-state index is 10.3. The molecule has 1 aromatic carbocycles. The van der Waals surface area contributed by atoms with Crippen molar-refractivity contribution in [1.29, 1.82) is 0 Å². The molecular formula is C16H23N3O. The highest BCUT2D eigenvalue weighted by Gasteiger charge is 2.13. The zero-order valence-corrected chi connectivity index (χ0v) is 12.5. The molecule has 0 aliphatic rings. The lowest BCUT2D eigenvalue weighted by molar-refractivity contribution is 0.170. The molecule has 0 aliphatic heterocycles. The summed E-state index contributed by atoms with van der Waals surface area (Å²) < 4.78 is 1.89. The van der Waals surface area contributed by atoms with Crippen molar-refractivity contribution in [2.45, 2.75) is 46.3 Å². The molecule has 0 bridgehead atoms. The van der Waals surface area contributed by atoms with Crippen LogP contribution in [0.15, 0.2) is 30.6 Å². The third-order valence-electron chi connectivity index (χ3n) is 3.37. The molecule has 108 valence electrons. The van der Waals surface area contributed by atoms with Crippen molar-refractivity contribution in [3.8, 4) is 0 Å². The highest BCUT2D eigenvalue weighted by molar-refractivity contribution is 5.26. The third kappa shape index (κ3) is 3.90. The largest absolute Gasteiger partial charge is 0.392 e. The Morgan fingerprint density at radius 2 is 1.95 bits per heavy atom. The van der Waals surface area contributed by atoms with Crippen molar-refractivity contribution in [2.75, 3.05) is 0 Å². The third-order valence-corrected chi connectivity index (χ3v) is 3.37. The Balaban J connectivity index is 2.00. The van der Waals surface area contributed by atoms with E-state index >= 15 is 0 Å². The summed E-state index contributed by atoms with van der Waals surface area (Å²) in [5.74, 6) is 1.38. The van der Waals surface area contributed by atoms with Crippen LogP contribution in [0.3, 0.4) is 0 Å². The number of aryl methyl sites for hydroxylation is 1. The number of benzene rings is 1. The summed E-state index contributed by atoms with van der Waals surface area (Å²) in [6.45, 7) is 7.21. The molecule has 1 aromatic heterocycles. The Morgan fingerprint density at radius 3 is 2.65 bits per heavy atom. The predicted octanol–water partition coefficient (Wildman–Crippen LogP) is 2.39.